The molecule has 6 heteroatoms. The van der Waals surface area contributed by atoms with Crippen LogP contribution >= 0.6 is 0 Å². The van der Waals surface area contributed by atoms with Gasteiger partial charge in [-0.1, -0.05) is 6.92 Å². The summed E-state index contributed by atoms with van der Waals surface area (Å²) in [6.45, 7) is 3.71. The van der Waals surface area contributed by atoms with E-state index in [1.165, 1.54) is 12.1 Å². The molecule has 0 spiro atoms. The number of nitrogens with zero attached hydrogens (tertiary/aromatic N) is 4. The molecule has 0 radical (unpaired) electrons. The van der Waals surface area contributed by atoms with Crippen molar-refractivity contribution >= 4 is 5.91 Å². The summed E-state index contributed by atoms with van der Waals surface area (Å²) < 4.78 is 15.3. The lowest BCUT2D eigenvalue weighted by molar-refractivity contribution is -0.132. The predicted molar refractivity (Wildman–Crippen MR) is 96.6 cm³/mol. The van der Waals surface area contributed by atoms with E-state index < -0.39 is 0 Å². The number of hydrogen-bond acceptors (Lipinski definition) is 3. The van der Waals surface area contributed by atoms with E-state index in [2.05, 4.69) is 4.98 Å². The lowest BCUT2D eigenvalue weighted by Crippen LogP contribution is -2.38. The number of rotatable bonds is 3. The van der Waals surface area contributed by atoms with Crippen molar-refractivity contribution in [3.8, 4) is 22.4 Å². The molecular weight excluding hydrogens is 331 g/mol. The van der Waals surface area contributed by atoms with Crippen molar-refractivity contribution in [3.05, 3.63) is 60.3 Å². The average Bonchev–Trinajstić information content (AvgIpc) is 3.07. The maximum atomic E-state index is 13.4. The normalized spacial score (nSPS) is 13.5. The van der Waals surface area contributed by atoms with Gasteiger partial charge in [-0.15, -0.1) is 0 Å². The number of halogens is 1. The third-order valence-electron chi connectivity index (χ3n) is 4.72. The topological polar surface area (TPSA) is 51.0 Å². The molecule has 0 bridgehead atoms. The second-order valence-electron chi connectivity index (χ2n) is 6.31. The van der Waals surface area contributed by atoms with Crippen LogP contribution in [0.1, 0.15) is 19.0 Å². The predicted octanol–water partition coefficient (Wildman–Crippen LogP) is 3.50. The van der Waals surface area contributed by atoms with Crippen LogP contribution in [0.15, 0.2) is 48.8 Å². The number of carbonyl (C=O) groups excluding carboxylic acids is 1. The third kappa shape index (κ3) is 2.87. The van der Waals surface area contributed by atoms with Crippen LogP contribution in [0.4, 0.5) is 4.39 Å². The van der Waals surface area contributed by atoms with Gasteiger partial charge < -0.3 is 4.90 Å². The Kier molecular flexibility index (Phi) is 4.24. The molecular formula is C20H19FN4O. The summed E-state index contributed by atoms with van der Waals surface area (Å²) in [6.07, 6.45) is 3.97. The molecule has 0 unspecified atom stereocenters. The smallest absolute Gasteiger partial charge is 0.222 e. The van der Waals surface area contributed by atoms with E-state index in [1.54, 1.807) is 24.5 Å². The van der Waals surface area contributed by atoms with Crippen LogP contribution in [0.3, 0.4) is 0 Å². The van der Waals surface area contributed by atoms with Gasteiger partial charge in [0.1, 0.15) is 11.5 Å². The SMILES string of the molecule is CCC(=O)N1CCn2nc(-c3ccc(F)cc3)c(-c3ccncc3)c2C1. The number of carbonyl (C=O) groups is 1. The molecule has 0 aliphatic carbocycles. The zero-order valence-electron chi connectivity index (χ0n) is 14.5. The molecule has 4 rings (SSSR count). The quantitative estimate of drug-likeness (QED) is 0.726. The Labute approximate surface area is 151 Å². The summed E-state index contributed by atoms with van der Waals surface area (Å²) >= 11 is 0. The van der Waals surface area contributed by atoms with Crippen molar-refractivity contribution in [2.24, 2.45) is 0 Å². The van der Waals surface area contributed by atoms with Crippen molar-refractivity contribution < 1.29 is 9.18 Å². The molecule has 2 aromatic heterocycles. The highest BCUT2D eigenvalue weighted by Crippen LogP contribution is 2.36. The molecule has 0 atom stereocenters. The number of hydrogen-bond donors (Lipinski definition) is 0. The Balaban J connectivity index is 1.87. The maximum Gasteiger partial charge on any atom is 0.222 e. The summed E-state index contributed by atoms with van der Waals surface area (Å²) in [5, 5.41) is 4.78. The fourth-order valence-electron chi connectivity index (χ4n) is 3.39. The first kappa shape index (κ1) is 16.4. The molecule has 132 valence electrons. The van der Waals surface area contributed by atoms with Crippen molar-refractivity contribution in [2.45, 2.75) is 26.4 Å². The summed E-state index contributed by atoms with van der Waals surface area (Å²) in [5.74, 6) is -0.135. The zero-order chi connectivity index (χ0) is 18.1. The molecule has 0 N–H and O–H groups in total. The second kappa shape index (κ2) is 6.71. The summed E-state index contributed by atoms with van der Waals surface area (Å²) in [6, 6.07) is 10.2. The van der Waals surface area contributed by atoms with Gasteiger partial charge >= 0.3 is 0 Å². The molecule has 3 heterocycles. The molecule has 26 heavy (non-hydrogen) atoms. The Morgan fingerprint density at radius 3 is 2.50 bits per heavy atom. The van der Waals surface area contributed by atoms with Gasteiger partial charge in [-0.25, -0.2) is 4.39 Å². The van der Waals surface area contributed by atoms with Crippen molar-refractivity contribution in [1.82, 2.24) is 19.7 Å². The van der Waals surface area contributed by atoms with Gasteiger partial charge in [0.2, 0.25) is 5.91 Å². The van der Waals surface area contributed by atoms with Gasteiger partial charge in [0, 0.05) is 36.5 Å². The summed E-state index contributed by atoms with van der Waals surface area (Å²) in [4.78, 5) is 18.2. The molecule has 0 fully saturated rings. The standard InChI is InChI=1S/C20H19FN4O/c1-2-18(26)24-11-12-25-17(13-24)19(14-7-9-22-10-8-14)20(23-25)15-3-5-16(21)6-4-15/h3-10H,2,11-13H2,1H3. The Morgan fingerprint density at radius 1 is 1.08 bits per heavy atom. The first-order valence-corrected chi connectivity index (χ1v) is 8.71. The Morgan fingerprint density at radius 2 is 1.81 bits per heavy atom. The third-order valence-corrected chi connectivity index (χ3v) is 4.72. The Hall–Kier alpha value is -3.02. The minimum absolute atomic E-state index is 0.140. The number of fused-ring (bicyclic) bond motifs is 1. The van der Waals surface area contributed by atoms with Gasteiger partial charge in [-0.3, -0.25) is 14.5 Å². The van der Waals surface area contributed by atoms with Crippen LogP contribution in [0, 0.1) is 5.82 Å². The van der Waals surface area contributed by atoms with E-state index in [4.69, 9.17) is 5.10 Å². The maximum absolute atomic E-state index is 13.4. The number of amides is 1. The van der Waals surface area contributed by atoms with Crippen molar-refractivity contribution in [1.29, 1.82) is 0 Å². The van der Waals surface area contributed by atoms with Crippen LogP contribution in [-0.2, 0) is 17.9 Å². The number of pyridine rings is 1. The Bertz CT molecular complexity index is 934. The van der Waals surface area contributed by atoms with Crippen LogP contribution in [0.2, 0.25) is 0 Å². The van der Waals surface area contributed by atoms with Gasteiger partial charge in [-0.05, 0) is 42.0 Å². The van der Waals surface area contributed by atoms with Gasteiger partial charge in [0.25, 0.3) is 0 Å². The van der Waals surface area contributed by atoms with E-state index in [1.807, 2.05) is 28.6 Å². The molecule has 1 aliphatic heterocycles. The average molecular weight is 350 g/mol. The lowest BCUT2D eigenvalue weighted by atomic mass is 9.99. The van der Waals surface area contributed by atoms with Crippen molar-refractivity contribution in [2.75, 3.05) is 6.54 Å². The summed E-state index contributed by atoms with van der Waals surface area (Å²) in [7, 11) is 0. The van der Waals surface area contributed by atoms with E-state index in [0.29, 0.717) is 26.1 Å². The van der Waals surface area contributed by atoms with Crippen LogP contribution < -0.4 is 0 Å². The molecule has 3 aromatic rings. The largest absolute Gasteiger partial charge is 0.335 e. The highest BCUT2D eigenvalue weighted by atomic mass is 19.1. The summed E-state index contributed by atoms with van der Waals surface area (Å²) in [5.41, 5.74) is 4.63. The molecule has 1 amide bonds. The van der Waals surface area contributed by atoms with Crippen LogP contribution in [-0.4, -0.2) is 32.1 Å². The zero-order valence-corrected chi connectivity index (χ0v) is 14.5. The van der Waals surface area contributed by atoms with E-state index in [0.717, 1.165) is 28.1 Å². The molecule has 1 aliphatic rings. The first-order valence-electron chi connectivity index (χ1n) is 8.71. The van der Waals surface area contributed by atoms with E-state index >= 15 is 0 Å². The highest BCUT2D eigenvalue weighted by molar-refractivity contribution is 5.83. The fourth-order valence-corrected chi connectivity index (χ4v) is 3.39. The highest BCUT2D eigenvalue weighted by Gasteiger charge is 2.27. The van der Waals surface area contributed by atoms with Gasteiger partial charge in [0.15, 0.2) is 0 Å². The molecule has 0 saturated heterocycles. The van der Waals surface area contributed by atoms with E-state index in [-0.39, 0.29) is 11.7 Å². The fraction of sp³-hybridized carbons (Fsp3) is 0.250. The molecule has 0 saturated carbocycles. The second-order valence-corrected chi connectivity index (χ2v) is 6.31. The number of aromatic nitrogens is 3. The van der Waals surface area contributed by atoms with Crippen LogP contribution in [0.25, 0.3) is 22.4 Å². The minimum Gasteiger partial charge on any atom is -0.335 e. The molecule has 1 aromatic carbocycles. The number of benzene rings is 1. The van der Waals surface area contributed by atoms with Crippen LogP contribution in [0.5, 0.6) is 0 Å². The lowest BCUT2D eigenvalue weighted by Gasteiger charge is -2.28. The molecule has 5 nitrogen and oxygen atoms in total. The minimum atomic E-state index is -0.275. The monoisotopic (exact) mass is 350 g/mol. The first-order chi connectivity index (χ1) is 12.7. The van der Waals surface area contributed by atoms with Gasteiger partial charge in [-0.2, -0.15) is 5.10 Å². The van der Waals surface area contributed by atoms with Gasteiger partial charge in [0.05, 0.1) is 18.8 Å². The van der Waals surface area contributed by atoms with Crippen molar-refractivity contribution in [3.63, 3.8) is 0 Å². The van der Waals surface area contributed by atoms with E-state index in [9.17, 15) is 9.18 Å².